The molecule has 2 atom stereocenters. The molecule has 0 saturated carbocycles. The highest BCUT2D eigenvalue weighted by Gasteiger charge is 2.11. The van der Waals surface area contributed by atoms with Gasteiger partial charge < -0.3 is 10.4 Å². The Kier molecular flexibility index (Phi) is 4.51. The monoisotopic (exact) mass is 221 g/mol. The van der Waals surface area contributed by atoms with Crippen LogP contribution in [0.1, 0.15) is 42.1 Å². The Balaban J connectivity index is 2.91. The molecular formula is C14H23NO. The van der Waals surface area contributed by atoms with Gasteiger partial charge in [0.05, 0.1) is 6.61 Å². The highest BCUT2D eigenvalue weighted by Crippen LogP contribution is 2.21. The first-order valence-electron chi connectivity index (χ1n) is 5.90. The van der Waals surface area contributed by atoms with E-state index >= 15 is 0 Å². The van der Waals surface area contributed by atoms with Crippen molar-refractivity contribution >= 4 is 0 Å². The third-order valence-corrected chi connectivity index (χ3v) is 3.16. The van der Waals surface area contributed by atoms with Gasteiger partial charge in [-0.05, 0) is 56.9 Å². The zero-order valence-electron chi connectivity index (χ0n) is 11.0. The number of hydrogen-bond donors (Lipinski definition) is 2. The van der Waals surface area contributed by atoms with Crippen molar-refractivity contribution in [3.05, 3.63) is 34.4 Å². The average molecular weight is 221 g/mol. The van der Waals surface area contributed by atoms with E-state index in [9.17, 15) is 0 Å². The summed E-state index contributed by atoms with van der Waals surface area (Å²) >= 11 is 0. The van der Waals surface area contributed by atoms with Crippen LogP contribution in [-0.4, -0.2) is 17.8 Å². The van der Waals surface area contributed by atoms with E-state index in [2.05, 4.69) is 45.1 Å². The van der Waals surface area contributed by atoms with E-state index in [1.54, 1.807) is 0 Å². The van der Waals surface area contributed by atoms with Crippen LogP contribution in [0.3, 0.4) is 0 Å². The first kappa shape index (κ1) is 13.2. The maximum atomic E-state index is 9.04. The molecule has 0 saturated heterocycles. The number of rotatable bonds is 4. The topological polar surface area (TPSA) is 32.3 Å². The SMILES string of the molecule is Cc1cc(C)c(C(C)N[C@H](C)CO)cc1C. The van der Waals surface area contributed by atoms with Gasteiger partial charge in [-0.3, -0.25) is 0 Å². The van der Waals surface area contributed by atoms with Gasteiger partial charge in [-0.2, -0.15) is 0 Å². The molecule has 16 heavy (non-hydrogen) atoms. The molecule has 0 aliphatic rings. The van der Waals surface area contributed by atoms with Crippen molar-refractivity contribution in [2.75, 3.05) is 6.61 Å². The second kappa shape index (κ2) is 5.46. The predicted octanol–water partition coefficient (Wildman–Crippen LogP) is 2.64. The third-order valence-electron chi connectivity index (χ3n) is 3.16. The van der Waals surface area contributed by atoms with Crippen LogP contribution in [0.4, 0.5) is 0 Å². The molecule has 0 amide bonds. The summed E-state index contributed by atoms with van der Waals surface area (Å²) in [6.07, 6.45) is 0. The molecule has 2 N–H and O–H groups in total. The molecule has 0 fully saturated rings. The molecule has 0 aliphatic heterocycles. The van der Waals surface area contributed by atoms with Crippen LogP contribution in [0.2, 0.25) is 0 Å². The molecule has 1 unspecified atom stereocenters. The summed E-state index contributed by atoms with van der Waals surface area (Å²) in [7, 11) is 0. The van der Waals surface area contributed by atoms with Gasteiger partial charge in [0.25, 0.3) is 0 Å². The zero-order chi connectivity index (χ0) is 12.3. The smallest absolute Gasteiger partial charge is 0.0582 e. The summed E-state index contributed by atoms with van der Waals surface area (Å²) in [6, 6.07) is 4.89. The molecule has 0 radical (unpaired) electrons. The van der Waals surface area contributed by atoms with Crippen LogP contribution >= 0.6 is 0 Å². The quantitative estimate of drug-likeness (QED) is 0.819. The number of aryl methyl sites for hydroxylation is 3. The Hall–Kier alpha value is -0.860. The fraction of sp³-hybridized carbons (Fsp3) is 0.571. The molecule has 90 valence electrons. The lowest BCUT2D eigenvalue weighted by atomic mass is 9.96. The lowest BCUT2D eigenvalue weighted by Gasteiger charge is -2.21. The predicted molar refractivity (Wildman–Crippen MR) is 68.8 cm³/mol. The second-order valence-corrected chi connectivity index (χ2v) is 4.77. The summed E-state index contributed by atoms with van der Waals surface area (Å²) in [5, 5.41) is 12.4. The van der Waals surface area contributed by atoms with Crippen molar-refractivity contribution < 1.29 is 5.11 Å². The highest BCUT2D eigenvalue weighted by atomic mass is 16.3. The number of nitrogens with one attached hydrogen (secondary N) is 1. The Bertz CT molecular complexity index is 360. The summed E-state index contributed by atoms with van der Waals surface area (Å²) in [5.74, 6) is 0. The van der Waals surface area contributed by atoms with Crippen LogP contribution in [0.25, 0.3) is 0 Å². The van der Waals surface area contributed by atoms with Crippen molar-refractivity contribution in [3.8, 4) is 0 Å². The molecule has 1 rings (SSSR count). The summed E-state index contributed by atoms with van der Waals surface area (Å²) in [6.45, 7) is 10.7. The molecular weight excluding hydrogens is 198 g/mol. The first-order valence-corrected chi connectivity index (χ1v) is 5.90. The fourth-order valence-electron chi connectivity index (χ4n) is 2.02. The molecule has 0 heterocycles. The van der Waals surface area contributed by atoms with Gasteiger partial charge in [0.2, 0.25) is 0 Å². The highest BCUT2D eigenvalue weighted by molar-refractivity contribution is 5.38. The van der Waals surface area contributed by atoms with Gasteiger partial charge in [0.15, 0.2) is 0 Å². The Morgan fingerprint density at radius 2 is 1.62 bits per heavy atom. The van der Waals surface area contributed by atoms with E-state index in [0.717, 1.165) is 0 Å². The van der Waals surface area contributed by atoms with Gasteiger partial charge in [-0.25, -0.2) is 0 Å². The fourth-order valence-corrected chi connectivity index (χ4v) is 2.02. The Morgan fingerprint density at radius 1 is 1.06 bits per heavy atom. The van der Waals surface area contributed by atoms with Gasteiger partial charge in [0.1, 0.15) is 0 Å². The van der Waals surface area contributed by atoms with Crippen molar-refractivity contribution in [3.63, 3.8) is 0 Å². The van der Waals surface area contributed by atoms with Gasteiger partial charge >= 0.3 is 0 Å². The normalized spacial score (nSPS) is 14.9. The maximum absolute atomic E-state index is 9.04. The van der Waals surface area contributed by atoms with Crippen LogP contribution in [0.15, 0.2) is 12.1 Å². The number of hydrogen-bond acceptors (Lipinski definition) is 2. The van der Waals surface area contributed by atoms with E-state index in [0.29, 0.717) is 0 Å². The first-order chi connectivity index (χ1) is 7.45. The number of aliphatic hydroxyl groups is 1. The van der Waals surface area contributed by atoms with E-state index in [1.165, 1.54) is 22.3 Å². The molecule has 0 spiro atoms. The summed E-state index contributed by atoms with van der Waals surface area (Å²) in [5.41, 5.74) is 5.30. The molecule has 1 aromatic rings. The van der Waals surface area contributed by atoms with Crippen LogP contribution in [0.5, 0.6) is 0 Å². The largest absolute Gasteiger partial charge is 0.395 e. The standard InChI is InChI=1S/C14H23NO/c1-9-6-11(3)14(7-10(9)2)13(5)15-12(4)8-16/h6-7,12-13,15-16H,8H2,1-5H3/t12-,13?/m1/s1. The Morgan fingerprint density at radius 3 is 2.19 bits per heavy atom. The lowest BCUT2D eigenvalue weighted by Crippen LogP contribution is -2.32. The summed E-state index contributed by atoms with van der Waals surface area (Å²) < 4.78 is 0. The lowest BCUT2D eigenvalue weighted by molar-refractivity contribution is 0.243. The zero-order valence-corrected chi connectivity index (χ0v) is 11.0. The van der Waals surface area contributed by atoms with Crippen LogP contribution in [0, 0.1) is 20.8 Å². The molecule has 0 bridgehead atoms. The molecule has 1 aromatic carbocycles. The van der Waals surface area contributed by atoms with Gasteiger partial charge in [0, 0.05) is 12.1 Å². The Labute approximate surface area is 98.7 Å². The average Bonchev–Trinajstić information content (AvgIpc) is 2.23. The summed E-state index contributed by atoms with van der Waals surface area (Å²) in [4.78, 5) is 0. The second-order valence-electron chi connectivity index (χ2n) is 4.77. The van der Waals surface area contributed by atoms with Crippen molar-refractivity contribution in [2.24, 2.45) is 0 Å². The van der Waals surface area contributed by atoms with E-state index in [1.807, 2.05) is 6.92 Å². The van der Waals surface area contributed by atoms with Gasteiger partial charge in [-0.15, -0.1) is 0 Å². The van der Waals surface area contributed by atoms with E-state index in [-0.39, 0.29) is 18.7 Å². The van der Waals surface area contributed by atoms with Gasteiger partial charge in [-0.1, -0.05) is 12.1 Å². The van der Waals surface area contributed by atoms with Crippen molar-refractivity contribution in [1.29, 1.82) is 0 Å². The van der Waals surface area contributed by atoms with E-state index in [4.69, 9.17) is 5.11 Å². The maximum Gasteiger partial charge on any atom is 0.0582 e. The minimum Gasteiger partial charge on any atom is -0.395 e. The third kappa shape index (κ3) is 3.06. The van der Waals surface area contributed by atoms with Crippen molar-refractivity contribution in [1.82, 2.24) is 5.32 Å². The van der Waals surface area contributed by atoms with Crippen LogP contribution < -0.4 is 5.32 Å². The molecule has 2 heteroatoms. The van der Waals surface area contributed by atoms with Crippen molar-refractivity contribution in [2.45, 2.75) is 46.7 Å². The van der Waals surface area contributed by atoms with Crippen LogP contribution in [-0.2, 0) is 0 Å². The number of benzene rings is 1. The number of aliphatic hydroxyl groups excluding tert-OH is 1. The molecule has 2 nitrogen and oxygen atoms in total. The molecule has 0 aliphatic carbocycles. The van der Waals surface area contributed by atoms with E-state index < -0.39 is 0 Å². The minimum absolute atomic E-state index is 0.135. The minimum atomic E-state index is 0.135. The molecule has 0 aromatic heterocycles.